The van der Waals surface area contributed by atoms with Gasteiger partial charge in [0.2, 0.25) is 0 Å². The largest absolute Gasteiger partial charge is 0.102 e. The molecule has 2 aliphatic rings. The number of benzene rings is 6. The molecule has 0 N–H and O–H groups in total. The zero-order valence-electron chi connectivity index (χ0n) is 29.2. The van der Waals surface area contributed by atoms with E-state index in [0.717, 1.165) is 0 Å². The van der Waals surface area contributed by atoms with Gasteiger partial charge in [-0.2, -0.15) is 0 Å². The summed E-state index contributed by atoms with van der Waals surface area (Å²) in [5.41, 5.74) is 0. The third-order valence-corrected chi connectivity index (χ3v) is 15.1. The van der Waals surface area contributed by atoms with E-state index in [1.54, 1.807) is 25.7 Å². The molecule has 0 heterocycles. The maximum Gasteiger partial charge on any atom is 0.102 e. The van der Waals surface area contributed by atoms with Crippen molar-refractivity contribution in [3.8, 4) is 0 Å². The first-order valence-electron chi connectivity index (χ1n) is 17.6. The van der Waals surface area contributed by atoms with Crippen LogP contribution >= 0.6 is 25.5 Å². The molecule has 50 heavy (non-hydrogen) atoms. The van der Waals surface area contributed by atoms with Gasteiger partial charge < -0.3 is 7.43 Å². The first-order valence-corrected chi connectivity index (χ1v) is 22.8. The second-order valence-corrected chi connectivity index (χ2v) is 17.6. The summed E-state index contributed by atoms with van der Waals surface area (Å²) in [5.74, 6) is 2.33. The van der Waals surface area contributed by atoms with Crippen LogP contribution in [0.15, 0.2) is 182 Å². The van der Waals surface area contributed by atoms with Crippen LogP contribution in [0.1, 0.15) is 44.9 Å². The van der Waals surface area contributed by atoms with E-state index in [0.29, 0.717) is 0 Å². The Morgan fingerprint density at radius 2 is 0.500 bits per heavy atom. The normalized spacial score (nSPS) is 15.8. The molecule has 0 aliphatic heterocycles. The average molecular weight is 802 g/mol. The average Bonchev–Trinajstić information content (AvgIpc) is 3.68. The van der Waals surface area contributed by atoms with Crippen LogP contribution in [0.4, 0.5) is 0 Å². The van der Waals surface area contributed by atoms with Crippen LogP contribution in [-0.4, -0.2) is 0 Å². The van der Waals surface area contributed by atoms with Crippen molar-refractivity contribution in [3.63, 3.8) is 0 Å². The Morgan fingerprint density at radius 1 is 0.320 bits per heavy atom. The molecule has 0 amide bonds. The molecule has 2 saturated carbocycles. The number of fused-ring (bicyclic) bond motifs is 1. The van der Waals surface area contributed by atoms with Gasteiger partial charge in [-0.15, -0.1) is 0 Å². The molecule has 0 aromatic heterocycles. The summed E-state index contributed by atoms with van der Waals surface area (Å²) < 4.78 is 0. The van der Waals surface area contributed by atoms with Crippen LogP contribution < -0.4 is 31.8 Å². The Hall–Kier alpha value is -2.91. The molecule has 2 aliphatic carbocycles. The van der Waals surface area contributed by atoms with E-state index in [1.165, 1.54) is 62.9 Å². The first-order chi connectivity index (χ1) is 24.4. The van der Waals surface area contributed by atoms with Crippen molar-refractivity contribution in [3.05, 3.63) is 189 Å². The van der Waals surface area contributed by atoms with E-state index in [9.17, 15) is 0 Å². The SMILES string of the molecule is C1CCC2CCCC2C1.[CH3-].[Cl][Ru+].c1ccc([PH+](c2ccccc2)c2ccccc2)cc1.c1ccc([PH+](c2ccccc2)c2ccccc2)cc1. The van der Waals surface area contributed by atoms with Crippen molar-refractivity contribution in [2.45, 2.75) is 44.9 Å². The summed E-state index contributed by atoms with van der Waals surface area (Å²) in [6.45, 7) is 0. The van der Waals surface area contributed by atoms with E-state index in [2.05, 4.69) is 192 Å². The molecule has 8 rings (SSSR count). The number of hydrogen-bond acceptors (Lipinski definition) is 0. The van der Waals surface area contributed by atoms with Crippen molar-refractivity contribution in [2.24, 2.45) is 11.8 Å². The van der Waals surface area contributed by atoms with Gasteiger partial charge >= 0.3 is 27.0 Å². The van der Waals surface area contributed by atoms with E-state index in [4.69, 9.17) is 0 Å². The van der Waals surface area contributed by atoms with E-state index >= 15 is 0 Å². The molecule has 0 radical (unpaired) electrons. The fourth-order valence-electron chi connectivity index (χ4n) is 7.32. The maximum absolute atomic E-state index is 4.57. The van der Waals surface area contributed by atoms with Crippen LogP contribution in [0.2, 0.25) is 0 Å². The zero-order chi connectivity index (χ0) is 33.9. The number of hydrogen-bond donors (Lipinski definition) is 0. The summed E-state index contributed by atoms with van der Waals surface area (Å²) in [4.78, 5) is 0. The van der Waals surface area contributed by atoms with Gasteiger partial charge in [0.25, 0.3) is 0 Å². The van der Waals surface area contributed by atoms with Crippen LogP contribution in [0, 0.1) is 19.3 Å². The van der Waals surface area contributed by atoms with Crippen LogP contribution in [0.5, 0.6) is 0 Å². The third kappa shape index (κ3) is 11.8. The van der Waals surface area contributed by atoms with Gasteiger partial charge in [0.15, 0.2) is 0 Å². The van der Waals surface area contributed by atoms with Crippen LogP contribution in [0.25, 0.3) is 0 Å². The third-order valence-electron chi connectivity index (χ3n) is 9.59. The molecule has 6 aromatic rings. The van der Waals surface area contributed by atoms with Crippen molar-refractivity contribution < 1.29 is 17.3 Å². The predicted molar refractivity (Wildman–Crippen MR) is 225 cm³/mol. The van der Waals surface area contributed by atoms with Gasteiger partial charge in [0.05, 0.1) is 15.8 Å². The van der Waals surface area contributed by atoms with Gasteiger partial charge in [0.1, 0.15) is 31.8 Å². The summed E-state index contributed by atoms with van der Waals surface area (Å²) >= 11 is 1.82. The van der Waals surface area contributed by atoms with Crippen LogP contribution in [-0.2, 0) is 17.3 Å². The van der Waals surface area contributed by atoms with Crippen molar-refractivity contribution in [1.82, 2.24) is 0 Å². The standard InChI is InChI=1S/2C18H15P.C9H16.CH3.ClH.Ru/c2*1-4-10-16(11-5-1)19(17-12-6-2-7-13-17)18-14-8-3-9-15-18;1-2-5-9-7-3-6-8(9)4-1;;;/h2*1-15H;8-9H,1-7H2;1H3;1H;/q;;;-1;;+2/p+1. The Morgan fingerprint density at radius 3 is 0.700 bits per heavy atom. The molecule has 258 valence electrons. The second-order valence-electron chi connectivity index (χ2n) is 12.7. The molecule has 4 heteroatoms. The smallest absolute Gasteiger partial charge is 0.0620 e. The minimum atomic E-state index is -0.877. The summed E-state index contributed by atoms with van der Waals surface area (Å²) in [5, 5.41) is 8.61. The Labute approximate surface area is 319 Å². The summed E-state index contributed by atoms with van der Waals surface area (Å²) in [6, 6.07) is 65.0. The molecule has 2 unspecified atom stereocenters. The Kier molecular flexibility index (Phi) is 18.2. The summed E-state index contributed by atoms with van der Waals surface area (Å²) in [6.07, 6.45) is 10.8. The Balaban J connectivity index is 0.000000172. The molecule has 0 spiro atoms. The second kappa shape index (κ2) is 22.8. The van der Waals surface area contributed by atoms with Crippen LogP contribution in [0.3, 0.4) is 0 Å². The van der Waals surface area contributed by atoms with E-state index in [-0.39, 0.29) is 7.43 Å². The monoisotopic (exact) mass is 802 g/mol. The molecule has 0 saturated heterocycles. The fourth-order valence-corrected chi connectivity index (χ4v) is 12.5. The summed E-state index contributed by atoms with van der Waals surface area (Å²) in [7, 11) is 2.81. The fraction of sp³-hybridized carbons (Fsp3) is 0.196. The molecular weight excluding hydrogens is 751 g/mol. The van der Waals surface area contributed by atoms with Gasteiger partial charge in [-0.05, 0) is 84.6 Å². The van der Waals surface area contributed by atoms with Crippen molar-refractivity contribution in [2.75, 3.05) is 0 Å². The predicted octanol–water partition coefficient (Wildman–Crippen LogP) is 10.5. The van der Waals surface area contributed by atoms with Crippen molar-refractivity contribution in [1.29, 1.82) is 0 Å². The van der Waals surface area contributed by atoms with Gasteiger partial charge in [0, 0.05) is 0 Å². The molecular formula is C46H51ClP2Ru+2. The molecule has 0 bridgehead atoms. The molecule has 0 nitrogen and oxygen atoms in total. The Bertz CT molecular complexity index is 1390. The van der Waals surface area contributed by atoms with Gasteiger partial charge in [-0.25, -0.2) is 0 Å². The van der Waals surface area contributed by atoms with E-state index < -0.39 is 15.8 Å². The quantitative estimate of drug-likeness (QED) is 0.0894. The van der Waals surface area contributed by atoms with Gasteiger partial charge in [-0.3, -0.25) is 0 Å². The number of rotatable bonds is 6. The topological polar surface area (TPSA) is 0 Å². The van der Waals surface area contributed by atoms with Crippen molar-refractivity contribution >= 4 is 57.4 Å². The maximum atomic E-state index is 4.57. The zero-order valence-corrected chi connectivity index (χ0v) is 33.7. The minimum absolute atomic E-state index is 0. The molecule has 2 atom stereocenters. The van der Waals surface area contributed by atoms with Gasteiger partial charge in [-0.1, -0.05) is 154 Å². The number of halogens is 1. The van der Waals surface area contributed by atoms with E-state index in [1.807, 2.05) is 17.3 Å². The molecule has 6 aromatic carbocycles. The first kappa shape index (κ1) is 39.9. The molecule has 2 fully saturated rings. The minimum Gasteiger partial charge on any atom is -0.0620 e.